The van der Waals surface area contributed by atoms with Crippen LogP contribution < -0.4 is 4.90 Å². The van der Waals surface area contributed by atoms with E-state index in [1.807, 2.05) is 0 Å². The van der Waals surface area contributed by atoms with Crippen molar-refractivity contribution in [2.45, 2.75) is 6.92 Å². The smallest absolute Gasteiger partial charge is 0.355 e. The molecular formula is C15H15ClFNO5. The molecule has 1 aliphatic rings. The van der Waals surface area contributed by atoms with Gasteiger partial charge in [-0.3, -0.25) is 0 Å². The van der Waals surface area contributed by atoms with E-state index in [2.05, 4.69) is 4.74 Å². The van der Waals surface area contributed by atoms with Gasteiger partial charge in [-0.1, -0.05) is 11.6 Å². The highest BCUT2D eigenvalue weighted by Crippen LogP contribution is 2.32. The number of methoxy groups -OCH3 is 2. The molecule has 0 radical (unpaired) electrons. The molecule has 0 fully saturated rings. The highest BCUT2D eigenvalue weighted by molar-refractivity contribution is 6.31. The summed E-state index contributed by atoms with van der Waals surface area (Å²) in [5.74, 6) is -2.17. The SMILES string of the molecule is COC(=O)C1=C(C(=O)OC)N(c2cc(Cl)c(C)cc2F)COC1. The maximum absolute atomic E-state index is 14.3. The Bertz CT molecular complexity index is 689. The number of nitrogens with zero attached hydrogens (tertiary/aromatic N) is 1. The number of anilines is 1. The standard InChI is InChI=1S/C15H15ClFNO5/c1-8-4-11(17)12(5-10(8)16)18-7-23-6-9(14(19)21-2)13(18)15(20)22-3/h4-5H,6-7H2,1-3H3. The van der Waals surface area contributed by atoms with E-state index in [-0.39, 0.29) is 30.3 Å². The highest BCUT2D eigenvalue weighted by Gasteiger charge is 2.33. The van der Waals surface area contributed by atoms with Gasteiger partial charge in [-0.05, 0) is 24.6 Å². The fourth-order valence-corrected chi connectivity index (χ4v) is 2.33. The number of rotatable bonds is 3. The molecule has 1 heterocycles. The molecule has 0 N–H and O–H groups in total. The van der Waals surface area contributed by atoms with E-state index in [1.54, 1.807) is 6.92 Å². The topological polar surface area (TPSA) is 65.1 Å². The van der Waals surface area contributed by atoms with Crippen molar-refractivity contribution < 1.29 is 28.2 Å². The van der Waals surface area contributed by atoms with Gasteiger partial charge in [0.15, 0.2) is 0 Å². The van der Waals surface area contributed by atoms with Crippen LogP contribution in [0.1, 0.15) is 5.56 Å². The second-order valence-electron chi connectivity index (χ2n) is 4.77. The van der Waals surface area contributed by atoms with Crippen LogP contribution in [0.15, 0.2) is 23.4 Å². The zero-order valence-corrected chi connectivity index (χ0v) is 13.6. The molecule has 0 unspecified atom stereocenters. The quantitative estimate of drug-likeness (QED) is 0.784. The number of halogens is 2. The molecule has 1 aromatic carbocycles. The van der Waals surface area contributed by atoms with Crippen LogP contribution in [0.2, 0.25) is 5.02 Å². The summed E-state index contributed by atoms with van der Waals surface area (Å²) in [5.41, 5.74) is 0.357. The Hall–Kier alpha value is -2.12. The molecule has 124 valence electrons. The lowest BCUT2D eigenvalue weighted by atomic mass is 10.1. The van der Waals surface area contributed by atoms with Gasteiger partial charge in [0.1, 0.15) is 18.2 Å². The number of carbonyl (C=O) groups excluding carboxylic acids is 2. The Morgan fingerprint density at radius 1 is 1.26 bits per heavy atom. The molecule has 0 aromatic heterocycles. The Morgan fingerprint density at radius 3 is 2.52 bits per heavy atom. The molecule has 0 amide bonds. The minimum Gasteiger partial charge on any atom is -0.466 e. The Morgan fingerprint density at radius 2 is 1.91 bits per heavy atom. The number of carbonyl (C=O) groups is 2. The van der Waals surface area contributed by atoms with Crippen molar-refractivity contribution in [1.29, 1.82) is 0 Å². The summed E-state index contributed by atoms with van der Waals surface area (Å²) in [6.45, 7) is 1.37. The van der Waals surface area contributed by atoms with Crippen molar-refractivity contribution in [2.24, 2.45) is 0 Å². The number of hydrogen-bond donors (Lipinski definition) is 0. The molecule has 2 rings (SSSR count). The fourth-order valence-electron chi connectivity index (χ4n) is 2.18. The molecule has 23 heavy (non-hydrogen) atoms. The summed E-state index contributed by atoms with van der Waals surface area (Å²) in [6.07, 6.45) is 0. The van der Waals surface area contributed by atoms with Gasteiger partial charge in [-0.2, -0.15) is 0 Å². The molecule has 0 atom stereocenters. The highest BCUT2D eigenvalue weighted by atomic mass is 35.5. The van der Waals surface area contributed by atoms with Crippen molar-refractivity contribution in [3.05, 3.63) is 39.8 Å². The number of aryl methyl sites for hydroxylation is 1. The van der Waals surface area contributed by atoms with Crippen LogP contribution >= 0.6 is 11.6 Å². The average molecular weight is 344 g/mol. The van der Waals surface area contributed by atoms with Crippen molar-refractivity contribution in [1.82, 2.24) is 0 Å². The molecular weight excluding hydrogens is 329 g/mol. The van der Waals surface area contributed by atoms with Gasteiger partial charge in [0.2, 0.25) is 0 Å². The van der Waals surface area contributed by atoms with Crippen LogP contribution in [0.3, 0.4) is 0 Å². The lowest BCUT2D eigenvalue weighted by molar-refractivity contribution is -0.140. The molecule has 1 aromatic rings. The van der Waals surface area contributed by atoms with Crippen molar-refractivity contribution in [3.8, 4) is 0 Å². The third-order valence-corrected chi connectivity index (χ3v) is 3.76. The van der Waals surface area contributed by atoms with Gasteiger partial charge < -0.3 is 19.1 Å². The zero-order chi connectivity index (χ0) is 17.1. The van der Waals surface area contributed by atoms with Crippen molar-refractivity contribution >= 4 is 29.2 Å². The van der Waals surface area contributed by atoms with Crippen molar-refractivity contribution in [3.63, 3.8) is 0 Å². The normalized spacial score (nSPS) is 14.7. The van der Waals surface area contributed by atoms with Gasteiger partial charge in [0, 0.05) is 5.02 Å². The number of hydrogen-bond acceptors (Lipinski definition) is 6. The summed E-state index contributed by atoms with van der Waals surface area (Å²) in [6, 6.07) is 2.59. The van der Waals surface area contributed by atoms with E-state index in [9.17, 15) is 14.0 Å². The van der Waals surface area contributed by atoms with Gasteiger partial charge in [-0.15, -0.1) is 0 Å². The Kier molecular flexibility index (Phi) is 5.23. The maximum Gasteiger partial charge on any atom is 0.355 e. The number of ether oxygens (including phenoxy) is 3. The van der Waals surface area contributed by atoms with E-state index in [0.29, 0.717) is 10.6 Å². The van der Waals surface area contributed by atoms with Gasteiger partial charge in [0.25, 0.3) is 0 Å². The molecule has 0 saturated carbocycles. The van der Waals surface area contributed by atoms with Gasteiger partial charge >= 0.3 is 11.9 Å². The second kappa shape index (κ2) is 6.97. The molecule has 1 aliphatic heterocycles. The Labute approximate surface area is 137 Å². The fraction of sp³-hybridized carbons (Fsp3) is 0.333. The second-order valence-corrected chi connectivity index (χ2v) is 5.18. The molecule has 0 saturated heterocycles. The van der Waals surface area contributed by atoms with E-state index in [0.717, 1.165) is 7.11 Å². The minimum absolute atomic E-state index is 0.00195. The molecule has 0 aliphatic carbocycles. The van der Waals surface area contributed by atoms with Crippen LogP contribution in [-0.2, 0) is 23.8 Å². The number of benzene rings is 1. The maximum atomic E-state index is 14.3. The first-order valence-electron chi connectivity index (χ1n) is 6.61. The summed E-state index contributed by atoms with van der Waals surface area (Å²) in [5, 5.41) is 0.316. The lowest BCUT2D eigenvalue weighted by Crippen LogP contribution is -2.39. The summed E-state index contributed by atoms with van der Waals surface area (Å²) in [4.78, 5) is 25.2. The molecule has 6 nitrogen and oxygen atoms in total. The van der Waals surface area contributed by atoms with E-state index < -0.39 is 17.8 Å². The van der Waals surface area contributed by atoms with Gasteiger partial charge in [0.05, 0.1) is 32.1 Å². The first kappa shape index (κ1) is 17.2. The predicted octanol–water partition coefficient (Wildman–Crippen LogP) is 2.18. The van der Waals surface area contributed by atoms with Crippen molar-refractivity contribution in [2.75, 3.05) is 32.5 Å². The van der Waals surface area contributed by atoms with E-state index in [4.69, 9.17) is 21.1 Å². The Balaban J connectivity index is 2.62. The minimum atomic E-state index is -0.801. The van der Waals surface area contributed by atoms with Crippen LogP contribution in [0.25, 0.3) is 0 Å². The molecule has 0 spiro atoms. The molecule has 8 heteroatoms. The monoisotopic (exact) mass is 343 g/mol. The predicted molar refractivity (Wildman–Crippen MR) is 80.5 cm³/mol. The van der Waals surface area contributed by atoms with Crippen LogP contribution in [0.5, 0.6) is 0 Å². The summed E-state index contributed by atoms with van der Waals surface area (Å²) < 4.78 is 28.9. The van der Waals surface area contributed by atoms with Gasteiger partial charge in [-0.25, -0.2) is 14.0 Å². The van der Waals surface area contributed by atoms with E-state index >= 15 is 0 Å². The third kappa shape index (κ3) is 3.30. The average Bonchev–Trinajstić information content (AvgIpc) is 2.56. The number of esters is 2. The first-order valence-corrected chi connectivity index (χ1v) is 6.99. The zero-order valence-electron chi connectivity index (χ0n) is 12.8. The van der Waals surface area contributed by atoms with Crippen LogP contribution in [0, 0.1) is 12.7 Å². The van der Waals surface area contributed by atoms with Crippen LogP contribution in [-0.4, -0.2) is 39.5 Å². The third-order valence-electron chi connectivity index (χ3n) is 3.35. The summed E-state index contributed by atoms with van der Waals surface area (Å²) in [7, 11) is 2.34. The summed E-state index contributed by atoms with van der Waals surface area (Å²) >= 11 is 6.03. The lowest BCUT2D eigenvalue weighted by Gasteiger charge is -2.31. The van der Waals surface area contributed by atoms with Crippen LogP contribution in [0.4, 0.5) is 10.1 Å². The molecule has 0 bridgehead atoms. The van der Waals surface area contributed by atoms with E-state index in [1.165, 1.54) is 24.1 Å². The first-order chi connectivity index (χ1) is 10.9. The largest absolute Gasteiger partial charge is 0.466 e.